The maximum atomic E-state index is 14.1. The molecule has 1 aliphatic heterocycles. The fourth-order valence-electron chi connectivity index (χ4n) is 4.58. The molecule has 2 aromatic carbocycles. The smallest absolute Gasteiger partial charge is 0.415 e. The molecule has 4 rings (SSSR count). The number of benzene rings is 2. The maximum absolute atomic E-state index is 14.1. The van der Waals surface area contributed by atoms with Crippen LogP contribution in [0.3, 0.4) is 0 Å². The van der Waals surface area contributed by atoms with E-state index >= 15 is 0 Å². The number of rotatable bonds is 7. The number of aryl methyl sites for hydroxylation is 1. The summed E-state index contributed by atoms with van der Waals surface area (Å²) in [7, 11) is 3.50. The first-order chi connectivity index (χ1) is 18.0. The van der Waals surface area contributed by atoms with Crippen LogP contribution in [0.1, 0.15) is 36.8 Å². The number of hydrogen-bond donors (Lipinski definition) is 2. The molecule has 0 aliphatic carbocycles. The molecule has 1 amide bonds. The van der Waals surface area contributed by atoms with Crippen molar-refractivity contribution in [1.82, 2.24) is 19.8 Å². The molecule has 1 saturated heterocycles. The molecule has 2 heterocycles. The van der Waals surface area contributed by atoms with Crippen LogP contribution in [-0.2, 0) is 5.92 Å². The summed E-state index contributed by atoms with van der Waals surface area (Å²) >= 11 is 0. The van der Waals surface area contributed by atoms with Gasteiger partial charge >= 0.3 is 6.09 Å². The molecule has 1 aromatic heterocycles. The topological polar surface area (TPSA) is 100 Å². The minimum Gasteiger partial charge on any atom is -0.493 e. The van der Waals surface area contributed by atoms with Gasteiger partial charge < -0.3 is 29.7 Å². The molecule has 0 bridgehead atoms. The van der Waals surface area contributed by atoms with Crippen molar-refractivity contribution in [2.45, 2.75) is 38.8 Å². The standard InChI is InChI=1S/C27H33F2N5O4/c1-16-14-33(4)9-10-34(16)26(36)38-24-12-21-22(13-23(24)37-5)31-18(3)32-25(21)30-17(2)19-7-6-8-20(11-19)27(28,29)15-35/h6-8,11-13,16-17,35H,9-10,14-15H2,1-5H3,(H,30,31,32). The molecule has 2 N–H and O–H groups in total. The van der Waals surface area contributed by atoms with Gasteiger partial charge in [-0.25, -0.2) is 14.8 Å². The Labute approximate surface area is 220 Å². The Kier molecular flexibility index (Phi) is 7.98. The Morgan fingerprint density at radius 2 is 2.00 bits per heavy atom. The second-order valence-electron chi connectivity index (χ2n) is 9.67. The van der Waals surface area contributed by atoms with Crippen molar-refractivity contribution in [2.75, 3.05) is 45.7 Å². The molecule has 11 heteroatoms. The predicted octanol–water partition coefficient (Wildman–Crippen LogP) is 4.34. The van der Waals surface area contributed by atoms with Crippen molar-refractivity contribution in [2.24, 2.45) is 0 Å². The van der Waals surface area contributed by atoms with Gasteiger partial charge in [0.2, 0.25) is 0 Å². The van der Waals surface area contributed by atoms with Crippen molar-refractivity contribution in [3.63, 3.8) is 0 Å². The van der Waals surface area contributed by atoms with Gasteiger partial charge in [-0.05, 0) is 45.5 Å². The first-order valence-electron chi connectivity index (χ1n) is 12.4. The highest BCUT2D eigenvalue weighted by Crippen LogP contribution is 2.36. The van der Waals surface area contributed by atoms with Crippen LogP contribution in [0.5, 0.6) is 11.5 Å². The van der Waals surface area contributed by atoms with Gasteiger partial charge in [-0.3, -0.25) is 0 Å². The maximum Gasteiger partial charge on any atom is 0.415 e. The summed E-state index contributed by atoms with van der Waals surface area (Å²) < 4.78 is 39.4. The third-order valence-corrected chi connectivity index (χ3v) is 6.72. The van der Waals surface area contributed by atoms with Crippen LogP contribution < -0.4 is 14.8 Å². The molecule has 38 heavy (non-hydrogen) atoms. The molecule has 2 atom stereocenters. The van der Waals surface area contributed by atoms with Gasteiger partial charge in [0.25, 0.3) is 5.92 Å². The largest absolute Gasteiger partial charge is 0.493 e. The number of likely N-dealkylation sites (N-methyl/N-ethyl adjacent to an activating group) is 1. The van der Waals surface area contributed by atoms with Crippen LogP contribution in [0.25, 0.3) is 10.9 Å². The number of ether oxygens (including phenoxy) is 2. The van der Waals surface area contributed by atoms with Gasteiger partial charge in [0, 0.05) is 48.7 Å². The zero-order valence-corrected chi connectivity index (χ0v) is 22.2. The molecule has 204 valence electrons. The SMILES string of the molecule is COc1cc2nc(C)nc(NC(C)c3cccc(C(F)(F)CO)c3)c2cc1OC(=O)N1CCN(C)CC1C. The number of aliphatic hydroxyl groups excluding tert-OH is 1. The predicted molar refractivity (Wildman–Crippen MR) is 140 cm³/mol. The minimum absolute atomic E-state index is 0.00858. The average molecular weight is 530 g/mol. The van der Waals surface area contributed by atoms with E-state index in [0.717, 1.165) is 13.1 Å². The van der Waals surface area contributed by atoms with E-state index in [1.54, 1.807) is 30.0 Å². The highest BCUT2D eigenvalue weighted by atomic mass is 19.3. The Balaban J connectivity index is 1.66. The van der Waals surface area contributed by atoms with Gasteiger partial charge in [0.05, 0.1) is 12.6 Å². The molecular weight excluding hydrogens is 496 g/mol. The number of carbonyl (C=O) groups excluding carboxylic acids is 1. The van der Waals surface area contributed by atoms with E-state index in [9.17, 15) is 13.6 Å². The van der Waals surface area contributed by atoms with E-state index in [0.29, 0.717) is 40.4 Å². The number of methoxy groups -OCH3 is 1. The molecule has 9 nitrogen and oxygen atoms in total. The number of fused-ring (bicyclic) bond motifs is 1. The van der Waals surface area contributed by atoms with Gasteiger partial charge in [0.1, 0.15) is 18.2 Å². The van der Waals surface area contributed by atoms with Crippen molar-refractivity contribution in [3.8, 4) is 11.5 Å². The van der Waals surface area contributed by atoms with E-state index in [-0.39, 0.29) is 17.4 Å². The summed E-state index contributed by atoms with van der Waals surface area (Å²) in [5, 5.41) is 12.9. The van der Waals surface area contributed by atoms with Crippen molar-refractivity contribution < 1.29 is 28.2 Å². The quantitative estimate of drug-likeness (QED) is 0.466. The second-order valence-corrected chi connectivity index (χ2v) is 9.67. The zero-order valence-electron chi connectivity index (χ0n) is 22.2. The summed E-state index contributed by atoms with van der Waals surface area (Å²) in [6.07, 6.45) is -0.471. The Morgan fingerprint density at radius 3 is 2.68 bits per heavy atom. The lowest BCUT2D eigenvalue weighted by atomic mass is 10.0. The fourth-order valence-corrected chi connectivity index (χ4v) is 4.58. The Morgan fingerprint density at radius 1 is 1.24 bits per heavy atom. The number of piperazine rings is 1. The zero-order chi connectivity index (χ0) is 27.6. The number of halogens is 2. The molecule has 0 radical (unpaired) electrons. The fraction of sp³-hybridized carbons (Fsp3) is 0.444. The number of anilines is 1. The summed E-state index contributed by atoms with van der Waals surface area (Å²) in [4.78, 5) is 25.9. The van der Waals surface area contributed by atoms with Gasteiger partial charge in [-0.2, -0.15) is 8.78 Å². The molecular formula is C27H33F2N5O4. The number of aliphatic hydroxyl groups is 1. The Hall–Kier alpha value is -3.57. The number of nitrogens with zero attached hydrogens (tertiary/aromatic N) is 4. The molecule has 1 fully saturated rings. The lowest BCUT2D eigenvalue weighted by Crippen LogP contribution is -2.53. The normalized spacial score (nSPS) is 17.4. The summed E-state index contributed by atoms with van der Waals surface area (Å²) in [6.45, 7) is 6.30. The van der Waals surface area contributed by atoms with Crippen LogP contribution in [0.4, 0.5) is 19.4 Å². The van der Waals surface area contributed by atoms with E-state index in [1.807, 2.05) is 20.9 Å². The summed E-state index contributed by atoms with van der Waals surface area (Å²) in [5.74, 6) is -1.82. The van der Waals surface area contributed by atoms with Crippen LogP contribution >= 0.6 is 0 Å². The number of nitrogens with one attached hydrogen (secondary N) is 1. The lowest BCUT2D eigenvalue weighted by Gasteiger charge is -2.37. The molecule has 0 saturated carbocycles. The second kappa shape index (κ2) is 11.0. The highest BCUT2D eigenvalue weighted by molar-refractivity contribution is 5.92. The van der Waals surface area contributed by atoms with Gasteiger partial charge in [-0.15, -0.1) is 0 Å². The molecule has 1 aliphatic rings. The third-order valence-electron chi connectivity index (χ3n) is 6.72. The van der Waals surface area contributed by atoms with E-state index < -0.39 is 24.7 Å². The van der Waals surface area contributed by atoms with Crippen LogP contribution in [0.2, 0.25) is 0 Å². The third kappa shape index (κ3) is 5.78. The first kappa shape index (κ1) is 27.5. The lowest BCUT2D eigenvalue weighted by molar-refractivity contribution is -0.0556. The monoisotopic (exact) mass is 529 g/mol. The number of hydrogen-bond acceptors (Lipinski definition) is 8. The van der Waals surface area contributed by atoms with Crippen molar-refractivity contribution in [1.29, 1.82) is 0 Å². The van der Waals surface area contributed by atoms with Crippen LogP contribution in [0, 0.1) is 6.92 Å². The van der Waals surface area contributed by atoms with E-state index in [2.05, 4.69) is 20.2 Å². The van der Waals surface area contributed by atoms with Crippen molar-refractivity contribution in [3.05, 3.63) is 53.3 Å². The molecule has 0 spiro atoms. The average Bonchev–Trinajstić information content (AvgIpc) is 2.88. The summed E-state index contributed by atoms with van der Waals surface area (Å²) in [6, 6.07) is 8.79. The number of amides is 1. The van der Waals surface area contributed by atoms with Gasteiger partial charge in [-0.1, -0.05) is 18.2 Å². The number of aromatic nitrogens is 2. The van der Waals surface area contributed by atoms with E-state index in [1.165, 1.54) is 25.3 Å². The van der Waals surface area contributed by atoms with Crippen LogP contribution in [0.15, 0.2) is 36.4 Å². The highest BCUT2D eigenvalue weighted by Gasteiger charge is 2.31. The van der Waals surface area contributed by atoms with E-state index in [4.69, 9.17) is 14.6 Å². The minimum atomic E-state index is -3.34. The summed E-state index contributed by atoms with van der Waals surface area (Å²) in [5.41, 5.74) is 0.883. The number of carbonyl (C=O) groups is 1. The first-order valence-corrected chi connectivity index (χ1v) is 12.4. The van der Waals surface area contributed by atoms with Gasteiger partial charge in [0.15, 0.2) is 11.5 Å². The molecule has 3 aromatic rings. The van der Waals surface area contributed by atoms with Crippen molar-refractivity contribution >= 4 is 22.8 Å². The number of alkyl halides is 2. The molecule has 2 unspecified atom stereocenters. The Bertz CT molecular complexity index is 1320. The van der Waals surface area contributed by atoms with Crippen LogP contribution in [-0.4, -0.2) is 77.4 Å².